The summed E-state index contributed by atoms with van der Waals surface area (Å²) in [5.74, 6) is -1.08. The van der Waals surface area contributed by atoms with E-state index in [0.29, 0.717) is 17.8 Å². The van der Waals surface area contributed by atoms with Crippen LogP contribution in [0, 0.1) is 19.8 Å². The normalized spacial score (nSPS) is 19.5. The van der Waals surface area contributed by atoms with Gasteiger partial charge < -0.3 is 10.1 Å². The van der Waals surface area contributed by atoms with Gasteiger partial charge in [0.05, 0.1) is 28.6 Å². The second kappa shape index (κ2) is 6.69. The van der Waals surface area contributed by atoms with Crippen molar-refractivity contribution in [3.05, 3.63) is 11.4 Å². The van der Waals surface area contributed by atoms with Crippen molar-refractivity contribution in [3.8, 4) is 0 Å². The fourth-order valence-corrected chi connectivity index (χ4v) is 4.47. The Kier molecular flexibility index (Phi) is 5.08. The highest BCUT2D eigenvalue weighted by Gasteiger charge is 2.30. The molecule has 23 heavy (non-hydrogen) atoms. The summed E-state index contributed by atoms with van der Waals surface area (Å²) in [5, 5.41) is 6.84. The molecule has 0 spiro atoms. The average molecular weight is 343 g/mol. The standard InChI is InChI=1S/C14H21N3O5S/c1-9-14(10(2)17(3)16-9)15-12(18)7-22-13(19)6-11-4-5-23(20,21)8-11/h11H,4-8H2,1-3H3,(H,15,18)/t11-/m1/s1. The highest BCUT2D eigenvalue weighted by molar-refractivity contribution is 7.91. The van der Waals surface area contributed by atoms with Crippen LogP contribution in [0.5, 0.6) is 0 Å². The van der Waals surface area contributed by atoms with Crippen LogP contribution >= 0.6 is 0 Å². The van der Waals surface area contributed by atoms with Crippen LogP contribution in [-0.4, -0.2) is 48.2 Å². The molecule has 1 N–H and O–H groups in total. The van der Waals surface area contributed by atoms with Crippen LogP contribution in [0.1, 0.15) is 24.2 Å². The van der Waals surface area contributed by atoms with E-state index >= 15 is 0 Å². The van der Waals surface area contributed by atoms with Gasteiger partial charge in [-0.2, -0.15) is 5.10 Å². The molecule has 2 rings (SSSR count). The molecule has 9 heteroatoms. The number of esters is 1. The third-order valence-corrected chi connectivity index (χ3v) is 5.76. The molecule has 1 atom stereocenters. The smallest absolute Gasteiger partial charge is 0.306 e. The molecule has 1 saturated heterocycles. The number of hydrogen-bond acceptors (Lipinski definition) is 6. The van der Waals surface area contributed by atoms with Crippen molar-refractivity contribution < 1.29 is 22.7 Å². The van der Waals surface area contributed by atoms with Crippen molar-refractivity contribution in [2.75, 3.05) is 23.4 Å². The van der Waals surface area contributed by atoms with Gasteiger partial charge in [-0.15, -0.1) is 0 Å². The summed E-state index contributed by atoms with van der Waals surface area (Å²) in [6, 6.07) is 0. The van der Waals surface area contributed by atoms with Gasteiger partial charge in [0.15, 0.2) is 16.4 Å². The van der Waals surface area contributed by atoms with Crippen molar-refractivity contribution >= 4 is 27.4 Å². The van der Waals surface area contributed by atoms with Gasteiger partial charge in [-0.1, -0.05) is 0 Å². The van der Waals surface area contributed by atoms with Crippen molar-refractivity contribution in [1.82, 2.24) is 9.78 Å². The molecule has 1 aliphatic heterocycles. The molecule has 128 valence electrons. The summed E-state index contributed by atoms with van der Waals surface area (Å²) >= 11 is 0. The molecule has 1 aliphatic rings. The van der Waals surface area contributed by atoms with Gasteiger partial charge >= 0.3 is 5.97 Å². The number of aryl methyl sites for hydroxylation is 2. The predicted octanol–water partition coefficient (Wildman–Crippen LogP) is 0.343. The summed E-state index contributed by atoms with van der Waals surface area (Å²) in [6.07, 6.45) is 0.495. The van der Waals surface area contributed by atoms with E-state index in [1.165, 1.54) is 0 Å². The molecule has 1 fully saturated rings. The van der Waals surface area contributed by atoms with E-state index < -0.39 is 28.3 Å². The van der Waals surface area contributed by atoms with Crippen LogP contribution in [-0.2, 0) is 31.2 Å². The van der Waals surface area contributed by atoms with Crippen LogP contribution in [0.2, 0.25) is 0 Å². The minimum Gasteiger partial charge on any atom is -0.456 e. The zero-order chi connectivity index (χ0) is 17.2. The number of carbonyl (C=O) groups is 2. The van der Waals surface area contributed by atoms with Gasteiger partial charge in [-0.3, -0.25) is 14.3 Å². The zero-order valence-electron chi connectivity index (χ0n) is 13.5. The molecular weight excluding hydrogens is 322 g/mol. The topological polar surface area (TPSA) is 107 Å². The molecule has 1 aromatic rings. The molecular formula is C14H21N3O5S. The predicted molar refractivity (Wildman–Crippen MR) is 83.6 cm³/mol. The minimum atomic E-state index is -3.02. The Morgan fingerprint density at radius 3 is 2.61 bits per heavy atom. The monoisotopic (exact) mass is 343 g/mol. The number of nitrogens with zero attached hydrogens (tertiary/aromatic N) is 2. The Bertz CT molecular complexity index is 723. The number of amides is 1. The molecule has 1 aromatic heterocycles. The Morgan fingerprint density at radius 1 is 1.39 bits per heavy atom. The molecule has 0 aliphatic carbocycles. The lowest BCUT2D eigenvalue weighted by Crippen LogP contribution is -2.22. The maximum Gasteiger partial charge on any atom is 0.306 e. The van der Waals surface area contributed by atoms with E-state index in [1.54, 1.807) is 18.7 Å². The quantitative estimate of drug-likeness (QED) is 0.773. The maximum absolute atomic E-state index is 11.8. The summed E-state index contributed by atoms with van der Waals surface area (Å²) in [5.41, 5.74) is 2.09. The number of nitrogens with one attached hydrogen (secondary N) is 1. The number of aromatic nitrogens is 2. The van der Waals surface area contributed by atoms with Crippen molar-refractivity contribution in [2.24, 2.45) is 13.0 Å². The lowest BCUT2D eigenvalue weighted by Gasteiger charge is -2.09. The third kappa shape index (κ3) is 4.54. The molecule has 0 aromatic carbocycles. The Morgan fingerprint density at radius 2 is 2.09 bits per heavy atom. The Hall–Kier alpha value is -1.90. The van der Waals surface area contributed by atoms with Crippen LogP contribution in [0.3, 0.4) is 0 Å². The fraction of sp³-hybridized carbons (Fsp3) is 0.643. The first kappa shape index (κ1) is 17.5. The molecule has 8 nitrogen and oxygen atoms in total. The van der Waals surface area contributed by atoms with Crippen molar-refractivity contribution in [1.29, 1.82) is 0 Å². The lowest BCUT2D eigenvalue weighted by atomic mass is 10.1. The fourth-order valence-electron chi connectivity index (χ4n) is 2.60. The molecule has 0 saturated carbocycles. The number of anilines is 1. The minimum absolute atomic E-state index is 0.0162. The first-order chi connectivity index (χ1) is 10.7. The molecule has 0 unspecified atom stereocenters. The van der Waals surface area contributed by atoms with E-state index in [0.717, 1.165) is 5.69 Å². The summed E-state index contributed by atoms with van der Waals surface area (Å²) in [6.45, 7) is 3.20. The summed E-state index contributed by atoms with van der Waals surface area (Å²) < 4.78 is 29.2. The number of rotatable bonds is 5. The Balaban J connectivity index is 1.79. The van der Waals surface area contributed by atoms with Gasteiger partial charge in [-0.05, 0) is 26.2 Å². The van der Waals surface area contributed by atoms with Gasteiger partial charge in [0.2, 0.25) is 0 Å². The second-order valence-electron chi connectivity index (χ2n) is 5.85. The lowest BCUT2D eigenvalue weighted by molar-refractivity contribution is -0.148. The molecule has 0 radical (unpaired) electrons. The Labute approximate surface area is 135 Å². The van der Waals surface area contributed by atoms with Crippen LogP contribution in [0.4, 0.5) is 5.69 Å². The second-order valence-corrected chi connectivity index (χ2v) is 8.08. The zero-order valence-corrected chi connectivity index (χ0v) is 14.3. The van der Waals surface area contributed by atoms with Crippen molar-refractivity contribution in [3.63, 3.8) is 0 Å². The first-order valence-electron chi connectivity index (χ1n) is 7.34. The highest BCUT2D eigenvalue weighted by Crippen LogP contribution is 2.22. The maximum atomic E-state index is 11.8. The van der Waals surface area contributed by atoms with Gasteiger partial charge in [-0.25, -0.2) is 8.42 Å². The van der Waals surface area contributed by atoms with Crippen LogP contribution in [0.25, 0.3) is 0 Å². The number of hydrogen-bond donors (Lipinski definition) is 1. The number of sulfone groups is 1. The van der Waals surface area contributed by atoms with Crippen molar-refractivity contribution in [2.45, 2.75) is 26.7 Å². The third-order valence-electron chi connectivity index (χ3n) is 3.92. The SMILES string of the molecule is Cc1nn(C)c(C)c1NC(=O)COC(=O)C[C@H]1CCS(=O)(=O)C1. The molecule has 0 bridgehead atoms. The summed E-state index contributed by atoms with van der Waals surface area (Å²) in [7, 11) is -1.25. The first-order valence-corrected chi connectivity index (χ1v) is 9.16. The number of ether oxygens (including phenoxy) is 1. The molecule has 1 amide bonds. The van der Waals surface area contributed by atoms with E-state index in [4.69, 9.17) is 4.74 Å². The highest BCUT2D eigenvalue weighted by atomic mass is 32.2. The van der Waals surface area contributed by atoms with Crippen LogP contribution < -0.4 is 5.32 Å². The van der Waals surface area contributed by atoms with Gasteiger partial charge in [0.1, 0.15) is 0 Å². The van der Waals surface area contributed by atoms with E-state index in [9.17, 15) is 18.0 Å². The molecule has 2 heterocycles. The number of carbonyl (C=O) groups excluding carboxylic acids is 2. The van der Waals surface area contributed by atoms with E-state index in [2.05, 4.69) is 10.4 Å². The summed E-state index contributed by atoms with van der Waals surface area (Å²) in [4.78, 5) is 23.5. The largest absolute Gasteiger partial charge is 0.456 e. The van der Waals surface area contributed by atoms with Gasteiger partial charge in [0, 0.05) is 13.5 Å². The van der Waals surface area contributed by atoms with Crippen LogP contribution in [0.15, 0.2) is 0 Å². The van der Waals surface area contributed by atoms with E-state index in [-0.39, 0.29) is 23.8 Å². The van der Waals surface area contributed by atoms with E-state index in [1.807, 2.05) is 6.92 Å². The average Bonchev–Trinajstić information content (AvgIpc) is 2.90. The van der Waals surface area contributed by atoms with Gasteiger partial charge in [0.25, 0.3) is 5.91 Å².